The molecule has 0 radical (unpaired) electrons. The van der Waals surface area contributed by atoms with Crippen molar-refractivity contribution < 1.29 is 24.6 Å². The first-order valence-electron chi connectivity index (χ1n) is 5.89. The van der Waals surface area contributed by atoms with Crippen molar-refractivity contribution in [3.05, 3.63) is 0 Å². The fraction of sp³-hybridized carbons (Fsp3) is 0.727. The van der Waals surface area contributed by atoms with E-state index in [1.807, 2.05) is 0 Å². The number of carboxylic acids is 2. The van der Waals surface area contributed by atoms with Crippen LogP contribution in [0, 0.1) is 11.8 Å². The third-order valence-corrected chi connectivity index (χ3v) is 3.25. The third-order valence-electron chi connectivity index (χ3n) is 3.25. The van der Waals surface area contributed by atoms with E-state index >= 15 is 0 Å². The number of hydrogen-bond acceptors (Lipinski definition) is 4. The molecule has 0 aliphatic heterocycles. The summed E-state index contributed by atoms with van der Waals surface area (Å²) < 4.78 is 0. The average Bonchev–Trinajstić information content (AvgIpc) is 2.72. The molecule has 1 rings (SSSR count). The predicted octanol–water partition coefficient (Wildman–Crippen LogP) is -0.595. The molecule has 1 saturated carbocycles. The zero-order valence-electron chi connectivity index (χ0n) is 9.96. The Bertz CT molecular complexity index is 344. The van der Waals surface area contributed by atoms with Crippen LogP contribution in [0.25, 0.3) is 0 Å². The fourth-order valence-electron chi connectivity index (χ4n) is 2.25. The van der Waals surface area contributed by atoms with E-state index in [9.17, 15) is 14.4 Å². The van der Waals surface area contributed by atoms with Crippen LogP contribution in [0.15, 0.2) is 0 Å². The molecule has 1 aliphatic rings. The summed E-state index contributed by atoms with van der Waals surface area (Å²) in [5.41, 5.74) is 5.39. The van der Waals surface area contributed by atoms with Gasteiger partial charge in [-0.2, -0.15) is 0 Å². The van der Waals surface area contributed by atoms with Crippen molar-refractivity contribution in [3.63, 3.8) is 0 Å². The molecule has 5 N–H and O–H groups in total. The maximum atomic E-state index is 11.5. The minimum absolute atomic E-state index is 0.0940. The van der Waals surface area contributed by atoms with Gasteiger partial charge in [0.25, 0.3) is 0 Å². The van der Waals surface area contributed by atoms with E-state index in [0.29, 0.717) is 6.42 Å². The van der Waals surface area contributed by atoms with Crippen LogP contribution in [0.3, 0.4) is 0 Å². The Morgan fingerprint density at radius 1 is 1.28 bits per heavy atom. The molecule has 102 valence electrons. The Balaban J connectivity index is 2.38. The second-order valence-electron chi connectivity index (χ2n) is 4.59. The molecule has 1 fully saturated rings. The lowest BCUT2D eigenvalue weighted by Crippen LogP contribution is -2.44. The summed E-state index contributed by atoms with van der Waals surface area (Å²) in [7, 11) is 0. The molecule has 1 amide bonds. The first kappa shape index (κ1) is 14.4. The van der Waals surface area contributed by atoms with Crippen molar-refractivity contribution in [3.8, 4) is 0 Å². The molecule has 1 aliphatic carbocycles. The van der Waals surface area contributed by atoms with E-state index in [2.05, 4.69) is 5.32 Å². The van der Waals surface area contributed by atoms with E-state index in [1.165, 1.54) is 0 Å². The summed E-state index contributed by atoms with van der Waals surface area (Å²) in [6.45, 7) is 0.239. The van der Waals surface area contributed by atoms with Crippen LogP contribution < -0.4 is 11.1 Å². The summed E-state index contributed by atoms with van der Waals surface area (Å²) in [6, 6.07) is -1.09. The van der Waals surface area contributed by atoms with Gasteiger partial charge >= 0.3 is 11.9 Å². The van der Waals surface area contributed by atoms with E-state index in [1.54, 1.807) is 0 Å². The molecule has 0 heterocycles. The Labute approximate surface area is 104 Å². The highest BCUT2D eigenvalue weighted by molar-refractivity contribution is 5.85. The number of nitrogens with one attached hydrogen (secondary N) is 1. The molecule has 0 aromatic carbocycles. The number of carbonyl (C=O) groups is 3. The molecule has 18 heavy (non-hydrogen) atoms. The Kier molecular flexibility index (Phi) is 5.08. The number of aliphatic carboxylic acids is 2. The van der Waals surface area contributed by atoms with Gasteiger partial charge in [-0.05, 0) is 18.8 Å². The highest BCUT2D eigenvalue weighted by atomic mass is 16.4. The molecule has 0 bridgehead atoms. The summed E-state index contributed by atoms with van der Waals surface area (Å²) in [5.74, 6) is -3.05. The third kappa shape index (κ3) is 3.99. The van der Waals surface area contributed by atoms with Gasteiger partial charge in [0.05, 0.1) is 18.4 Å². The zero-order valence-corrected chi connectivity index (χ0v) is 9.96. The van der Waals surface area contributed by atoms with Crippen molar-refractivity contribution in [1.82, 2.24) is 5.32 Å². The highest BCUT2D eigenvalue weighted by Gasteiger charge is 2.33. The second kappa shape index (κ2) is 6.34. The number of carboxylic acid groups (broad SMARTS) is 2. The molecule has 0 spiro atoms. The topological polar surface area (TPSA) is 130 Å². The molecular formula is C11H18N2O5. The van der Waals surface area contributed by atoms with Gasteiger partial charge in [0.2, 0.25) is 5.91 Å². The van der Waals surface area contributed by atoms with E-state index in [4.69, 9.17) is 15.9 Å². The molecular weight excluding hydrogens is 240 g/mol. The normalized spacial score (nSPS) is 24.5. The van der Waals surface area contributed by atoms with Gasteiger partial charge in [-0.25, -0.2) is 0 Å². The number of nitrogens with two attached hydrogens (primary N) is 1. The van der Waals surface area contributed by atoms with Crippen LogP contribution >= 0.6 is 0 Å². The molecule has 3 atom stereocenters. The quantitative estimate of drug-likeness (QED) is 0.503. The largest absolute Gasteiger partial charge is 0.481 e. The number of rotatable bonds is 6. The summed E-state index contributed by atoms with van der Waals surface area (Å²) >= 11 is 0. The van der Waals surface area contributed by atoms with E-state index in [-0.39, 0.29) is 12.5 Å². The lowest BCUT2D eigenvalue weighted by atomic mass is 9.96. The van der Waals surface area contributed by atoms with Gasteiger partial charge in [0.1, 0.15) is 0 Å². The van der Waals surface area contributed by atoms with Gasteiger partial charge in [-0.15, -0.1) is 0 Å². The van der Waals surface area contributed by atoms with Gasteiger partial charge in [-0.3, -0.25) is 14.4 Å². The molecule has 0 saturated heterocycles. The van der Waals surface area contributed by atoms with Gasteiger partial charge < -0.3 is 21.3 Å². The first-order valence-corrected chi connectivity index (χ1v) is 5.89. The fourth-order valence-corrected chi connectivity index (χ4v) is 2.25. The van der Waals surface area contributed by atoms with Crippen molar-refractivity contribution in [2.75, 3.05) is 6.54 Å². The summed E-state index contributed by atoms with van der Waals surface area (Å²) in [4.78, 5) is 32.8. The Morgan fingerprint density at radius 2 is 1.94 bits per heavy atom. The standard InChI is InChI=1S/C11H18N2O5/c12-8(4-9(14)15)10(16)13-5-6-2-1-3-7(6)11(17)18/h6-8H,1-5,12H2,(H,13,16)(H,14,15)(H,17,18). The second-order valence-corrected chi connectivity index (χ2v) is 4.59. The zero-order chi connectivity index (χ0) is 13.7. The summed E-state index contributed by atoms with van der Waals surface area (Å²) in [5, 5.41) is 20.0. The van der Waals surface area contributed by atoms with Gasteiger partial charge in [-0.1, -0.05) is 6.42 Å². The molecule has 0 aromatic heterocycles. The van der Waals surface area contributed by atoms with Crippen LogP contribution in [-0.4, -0.2) is 40.6 Å². The minimum atomic E-state index is -1.14. The molecule has 0 aromatic rings. The highest BCUT2D eigenvalue weighted by Crippen LogP contribution is 2.31. The van der Waals surface area contributed by atoms with E-state index < -0.39 is 36.2 Å². The van der Waals surface area contributed by atoms with Crippen molar-refractivity contribution >= 4 is 17.8 Å². The number of carbonyl (C=O) groups excluding carboxylic acids is 1. The Hall–Kier alpha value is -1.63. The SMILES string of the molecule is NC(CC(=O)O)C(=O)NCC1CCCC1C(=O)O. The van der Waals surface area contributed by atoms with Crippen molar-refractivity contribution in [2.45, 2.75) is 31.7 Å². The lowest BCUT2D eigenvalue weighted by Gasteiger charge is -2.17. The maximum Gasteiger partial charge on any atom is 0.306 e. The van der Waals surface area contributed by atoms with Crippen LogP contribution in [0.5, 0.6) is 0 Å². The molecule has 3 unspecified atom stereocenters. The monoisotopic (exact) mass is 258 g/mol. The first-order chi connectivity index (χ1) is 8.41. The molecule has 7 nitrogen and oxygen atoms in total. The average molecular weight is 258 g/mol. The van der Waals surface area contributed by atoms with Crippen LogP contribution in [0.1, 0.15) is 25.7 Å². The number of amides is 1. The van der Waals surface area contributed by atoms with Crippen LogP contribution in [0.4, 0.5) is 0 Å². The van der Waals surface area contributed by atoms with Crippen LogP contribution in [0.2, 0.25) is 0 Å². The van der Waals surface area contributed by atoms with Crippen LogP contribution in [-0.2, 0) is 14.4 Å². The van der Waals surface area contributed by atoms with E-state index in [0.717, 1.165) is 12.8 Å². The molecule has 7 heteroatoms. The smallest absolute Gasteiger partial charge is 0.306 e. The Morgan fingerprint density at radius 3 is 2.50 bits per heavy atom. The number of hydrogen-bond donors (Lipinski definition) is 4. The van der Waals surface area contributed by atoms with Crippen molar-refractivity contribution in [2.24, 2.45) is 17.6 Å². The maximum absolute atomic E-state index is 11.5. The van der Waals surface area contributed by atoms with Crippen molar-refractivity contribution in [1.29, 1.82) is 0 Å². The van der Waals surface area contributed by atoms with Gasteiger partial charge in [0, 0.05) is 6.54 Å². The summed E-state index contributed by atoms with van der Waals surface area (Å²) in [6.07, 6.45) is 1.78. The lowest BCUT2D eigenvalue weighted by molar-refractivity contribution is -0.143. The minimum Gasteiger partial charge on any atom is -0.481 e. The van der Waals surface area contributed by atoms with Gasteiger partial charge in [0.15, 0.2) is 0 Å². The predicted molar refractivity (Wildman–Crippen MR) is 61.7 cm³/mol.